The number of thiocarbonyl (C=S) groups is 1. The van der Waals surface area contributed by atoms with Gasteiger partial charge in [-0.1, -0.05) is 12.2 Å². The van der Waals surface area contributed by atoms with Gasteiger partial charge in [0, 0.05) is 13.1 Å². The van der Waals surface area contributed by atoms with Crippen molar-refractivity contribution in [2.24, 2.45) is 0 Å². The van der Waals surface area contributed by atoms with Crippen molar-refractivity contribution in [3.63, 3.8) is 0 Å². The van der Waals surface area contributed by atoms with E-state index in [2.05, 4.69) is 39.1 Å². The second-order valence-corrected chi connectivity index (χ2v) is 3.44. The van der Waals surface area contributed by atoms with Gasteiger partial charge in [0.2, 0.25) is 0 Å². The zero-order valence-electron chi connectivity index (χ0n) is 9.73. The zero-order valence-corrected chi connectivity index (χ0v) is 13.3. The first-order valence-corrected chi connectivity index (χ1v) is 5.28. The fraction of sp³-hybridized carbons (Fsp3) is 0.714. The van der Waals surface area contributed by atoms with Crippen LogP contribution in [0.2, 0.25) is 0 Å². The Morgan fingerprint density at radius 3 is 1.79 bits per heavy atom. The summed E-state index contributed by atoms with van der Waals surface area (Å²) in [5.74, 6) is -0.965. The summed E-state index contributed by atoms with van der Waals surface area (Å²) in [6.45, 7) is 6.04. The Morgan fingerprint density at radius 1 is 1.50 bits per heavy atom. The molecule has 0 spiro atoms. The molecule has 0 aliphatic heterocycles. The summed E-state index contributed by atoms with van der Waals surface area (Å²) >= 11 is 12.2. The molecule has 0 aromatic rings. The first kappa shape index (κ1) is 20.5. The van der Waals surface area contributed by atoms with Gasteiger partial charge >= 0.3 is 35.5 Å². The van der Waals surface area contributed by atoms with Gasteiger partial charge < -0.3 is 11.4 Å². The quantitative estimate of drug-likeness (QED) is 0.336. The van der Waals surface area contributed by atoms with E-state index in [9.17, 15) is 4.79 Å². The molecule has 14 heavy (non-hydrogen) atoms. The van der Waals surface area contributed by atoms with Crippen LogP contribution in [-0.2, 0) is 4.79 Å². The molecule has 0 aliphatic carbocycles. The number of carboxylic acids is 1. The minimum Gasteiger partial charge on any atom is -1.00 e. The molecule has 0 aromatic carbocycles. The SMILES string of the molecule is CCN(CC)C(=S)S.O=C(O)CS.[H-].[Na+]. The Kier molecular flexibility index (Phi) is 20.6. The maximum absolute atomic E-state index is 9.29. The van der Waals surface area contributed by atoms with Crippen LogP contribution in [0.4, 0.5) is 0 Å². The van der Waals surface area contributed by atoms with Crippen LogP contribution < -0.4 is 29.6 Å². The summed E-state index contributed by atoms with van der Waals surface area (Å²) in [5, 5.41) is 7.65. The van der Waals surface area contributed by atoms with Crippen LogP contribution in [0.25, 0.3) is 0 Å². The standard InChI is InChI=1S/C5H11NS2.C2H4O2S.Na.H/c1-3-6(4-2)5(7)8;3-2(4)1-5;;/h3-4H2,1-2H3,(H,7,8);5H,1H2,(H,3,4);;/q;;+1;-1. The van der Waals surface area contributed by atoms with Crippen molar-refractivity contribution in [2.45, 2.75) is 13.8 Å². The average molecular weight is 265 g/mol. The number of carbonyl (C=O) groups is 1. The second-order valence-electron chi connectivity index (χ2n) is 2.01. The molecular weight excluding hydrogens is 249 g/mol. The summed E-state index contributed by atoms with van der Waals surface area (Å²) in [6.07, 6.45) is 0. The molecule has 0 saturated carbocycles. The molecule has 0 radical (unpaired) electrons. The summed E-state index contributed by atoms with van der Waals surface area (Å²) < 4.78 is 0.690. The second kappa shape index (κ2) is 14.1. The van der Waals surface area contributed by atoms with Crippen LogP contribution in [0.1, 0.15) is 15.3 Å². The van der Waals surface area contributed by atoms with Gasteiger partial charge in [0.25, 0.3) is 0 Å². The van der Waals surface area contributed by atoms with Gasteiger partial charge in [-0.3, -0.25) is 4.79 Å². The number of rotatable bonds is 3. The van der Waals surface area contributed by atoms with Crippen molar-refractivity contribution < 1.29 is 40.9 Å². The Balaban J connectivity index is -0.0000000770. The van der Waals surface area contributed by atoms with E-state index in [1.807, 2.05) is 4.90 Å². The number of thiol groups is 2. The monoisotopic (exact) mass is 265 g/mol. The van der Waals surface area contributed by atoms with Crippen molar-refractivity contribution in [1.29, 1.82) is 0 Å². The van der Waals surface area contributed by atoms with Crippen LogP contribution in [0.5, 0.6) is 0 Å². The predicted molar refractivity (Wildman–Crippen MR) is 67.1 cm³/mol. The van der Waals surface area contributed by atoms with Crippen LogP contribution >= 0.6 is 37.5 Å². The summed E-state index contributed by atoms with van der Waals surface area (Å²) in [5.41, 5.74) is 0. The van der Waals surface area contributed by atoms with E-state index in [-0.39, 0.29) is 36.7 Å². The molecule has 0 aromatic heterocycles. The third-order valence-corrected chi connectivity index (χ3v) is 1.98. The number of aliphatic carboxylic acids is 1. The van der Waals surface area contributed by atoms with Crippen molar-refractivity contribution in [2.75, 3.05) is 18.8 Å². The van der Waals surface area contributed by atoms with E-state index >= 15 is 0 Å². The van der Waals surface area contributed by atoms with E-state index in [1.165, 1.54) is 0 Å². The fourth-order valence-corrected chi connectivity index (χ4v) is 1.04. The van der Waals surface area contributed by atoms with Crippen LogP contribution in [-0.4, -0.2) is 39.1 Å². The smallest absolute Gasteiger partial charge is 1.00 e. The number of carboxylic acid groups (broad SMARTS) is 1. The molecule has 3 nitrogen and oxygen atoms in total. The number of nitrogens with zero attached hydrogens (tertiary/aromatic N) is 1. The minimum absolute atomic E-state index is 0. The van der Waals surface area contributed by atoms with E-state index in [0.717, 1.165) is 13.1 Å². The van der Waals surface area contributed by atoms with E-state index in [0.29, 0.717) is 4.32 Å². The van der Waals surface area contributed by atoms with Gasteiger partial charge in [0.15, 0.2) is 0 Å². The Hall–Kier alpha value is 1.06. The molecule has 0 saturated heterocycles. The molecule has 1 N–H and O–H groups in total. The number of hydrogen-bond donors (Lipinski definition) is 3. The summed E-state index contributed by atoms with van der Waals surface area (Å²) in [7, 11) is 0. The molecule has 0 heterocycles. The molecule has 0 aliphatic rings. The fourth-order valence-electron chi connectivity index (χ4n) is 0.494. The van der Waals surface area contributed by atoms with Crippen LogP contribution in [0, 0.1) is 0 Å². The topological polar surface area (TPSA) is 40.5 Å². The average Bonchev–Trinajstić information content (AvgIpc) is 2.07. The normalized spacial score (nSPS) is 7.71. The largest absolute Gasteiger partial charge is 1.00 e. The summed E-state index contributed by atoms with van der Waals surface area (Å²) in [6, 6.07) is 0. The molecule has 0 rings (SSSR count). The molecular formula is C7H16NNaO2S3. The van der Waals surface area contributed by atoms with Gasteiger partial charge in [-0.05, 0) is 13.8 Å². The van der Waals surface area contributed by atoms with Crippen molar-refractivity contribution in [1.82, 2.24) is 4.90 Å². The number of hydrogen-bond acceptors (Lipinski definition) is 3. The van der Waals surface area contributed by atoms with E-state index in [4.69, 9.17) is 17.3 Å². The zero-order chi connectivity index (χ0) is 10.9. The predicted octanol–water partition coefficient (Wildman–Crippen LogP) is -1.34. The minimum atomic E-state index is -0.881. The Bertz CT molecular complexity index is 170. The molecule has 0 unspecified atom stereocenters. The first-order valence-electron chi connectivity index (χ1n) is 3.80. The van der Waals surface area contributed by atoms with Crippen LogP contribution in [0.15, 0.2) is 0 Å². The molecule has 80 valence electrons. The molecule has 0 fully saturated rings. The molecule has 0 atom stereocenters. The first-order chi connectivity index (χ1) is 5.99. The van der Waals surface area contributed by atoms with E-state index in [1.54, 1.807) is 0 Å². The molecule has 0 amide bonds. The van der Waals surface area contributed by atoms with Gasteiger partial charge in [-0.15, -0.1) is 12.6 Å². The van der Waals surface area contributed by atoms with Crippen molar-refractivity contribution in [3.05, 3.63) is 0 Å². The van der Waals surface area contributed by atoms with Crippen LogP contribution in [0.3, 0.4) is 0 Å². The van der Waals surface area contributed by atoms with Crippen molar-refractivity contribution >= 4 is 47.8 Å². The van der Waals surface area contributed by atoms with Gasteiger partial charge in [-0.2, -0.15) is 12.6 Å². The van der Waals surface area contributed by atoms with Gasteiger partial charge in [0.1, 0.15) is 4.32 Å². The third kappa shape index (κ3) is 15.5. The third-order valence-electron chi connectivity index (χ3n) is 1.17. The maximum Gasteiger partial charge on any atom is 1.00 e. The Labute approximate surface area is 125 Å². The summed E-state index contributed by atoms with van der Waals surface area (Å²) in [4.78, 5) is 11.3. The Morgan fingerprint density at radius 2 is 1.79 bits per heavy atom. The molecule has 0 bridgehead atoms. The van der Waals surface area contributed by atoms with Crippen molar-refractivity contribution in [3.8, 4) is 0 Å². The molecule has 7 heteroatoms. The maximum atomic E-state index is 9.29. The van der Waals surface area contributed by atoms with Gasteiger partial charge in [0.05, 0.1) is 5.75 Å². The van der Waals surface area contributed by atoms with Gasteiger partial charge in [-0.25, -0.2) is 0 Å². The van der Waals surface area contributed by atoms with E-state index < -0.39 is 5.97 Å².